The van der Waals surface area contributed by atoms with Crippen LogP contribution in [0.2, 0.25) is 5.02 Å². The fraction of sp³-hybridized carbons (Fsp3) is 0.235. The molecule has 0 fully saturated rings. The average Bonchev–Trinajstić information content (AvgIpc) is 2.50. The van der Waals surface area contributed by atoms with Crippen molar-refractivity contribution in [3.05, 3.63) is 64.2 Å². The summed E-state index contributed by atoms with van der Waals surface area (Å²) in [5, 5.41) is 2.46. The predicted molar refractivity (Wildman–Crippen MR) is 85.0 cm³/mol. The van der Waals surface area contributed by atoms with Crippen LogP contribution in [-0.2, 0) is 0 Å². The minimum Gasteiger partial charge on any atom is -0.494 e. The van der Waals surface area contributed by atoms with Crippen LogP contribution in [0.4, 0.5) is 8.78 Å². The van der Waals surface area contributed by atoms with Crippen molar-refractivity contribution >= 4 is 17.5 Å². The van der Waals surface area contributed by atoms with Crippen LogP contribution in [0.5, 0.6) is 5.75 Å². The highest BCUT2D eigenvalue weighted by Gasteiger charge is 2.14. The molecule has 2 aromatic rings. The van der Waals surface area contributed by atoms with E-state index in [1.54, 1.807) is 0 Å². The molecule has 0 saturated carbocycles. The van der Waals surface area contributed by atoms with Crippen LogP contribution in [0.15, 0.2) is 36.4 Å². The molecule has 0 spiro atoms. The molecule has 0 heterocycles. The molecule has 3 nitrogen and oxygen atoms in total. The summed E-state index contributed by atoms with van der Waals surface area (Å²) < 4.78 is 31.7. The van der Waals surface area contributed by atoms with E-state index in [4.69, 9.17) is 16.3 Å². The van der Waals surface area contributed by atoms with Crippen molar-refractivity contribution in [2.75, 3.05) is 13.2 Å². The minimum absolute atomic E-state index is 0.0924. The Balaban J connectivity index is 1.78. The second-order valence-electron chi connectivity index (χ2n) is 5.02. The highest BCUT2D eigenvalue weighted by molar-refractivity contribution is 6.33. The molecule has 0 saturated heterocycles. The molecule has 6 heteroatoms. The highest BCUT2D eigenvalue weighted by atomic mass is 35.5. The van der Waals surface area contributed by atoms with Crippen molar-refractivity contribution in [1.29, 1.82) is 0 Å². The van der Waals surface area contributed by atoms with E-state index in [2.05, 4.69) is 5.32 Å². The van der Waals surface area contributed by atoms with Crippen molar-refractivity contribution < 1.29 is 18.3 Å². The van der Waals surface area contributed by atoms with Gasteiger partial charge < -0.3 is 10.1 Å². The van der Waals surface area contributed by atoms with Gasteiger partial charge in [0.2, 0.25) is 0 Å². The van der Waals surface area contributed by atoms with Crippen LogP contribution in [0, 0.1) is 18.6 Å². The first-order valence-corrected chi connectivity index (χ1v) is 7.47. The molecule has 0 aliphatic heterocycles. The Hall–Kier alpha value is -2.14. The van der Waals surface area contributed by atoms with Gasteiger partial charge in [-0.25, -0.2) is 8.78 Å². The van der Waals surface area contributed by atoms with Gasteiger partial charge >= 0.3 is 0 Å². The Labute approximate surface area is 138 Å². The quantitative estimate of drug-likeness (QED) is 0.635. The zero-order chi connectivity index (χ0) is 16.8. The molecule has 23 heavy (non-hydrogen) atoms. The van der Waals surface area contributed by atoms with E-state index < -0.39 is 17.5 Å². The van der Waals surface area contributed by atoms with Crippen molar-refractivity contribution in [1.82, 2.24) is 5.32 Å². The summed E-state index contributed by atoms with van der Waals surface area (Å²) in [5.41, 5.74) is 1.01. The van der Waals surface area contributed by atoms with E-state index in [1.807, 2.05) is 31.2 Å². The number of carbonyl (C=O) groups is 1. The van der Waals surface area contributed by atoms with E-state index >= 15 is 0 Å². The third kappa shape index (κ3) is 4.93. The topological polar surface area (TPSA) is 38.3 Å². The molecular formula is C17H16ClF2NO2. The van der Waals surface area contributed by atoms with E-state index in [1.165, 1.54) is 0 Å². The van der Waals surface area contributed by atoms with Gasteiger partial charge in [0.1, 0.15) is 5.75 Å². The number of benzene rings is 2. The van der Waals surface area contributed by atoms with E-state index in [9.17, 15) is 13.6 Å². The van der Waals surface area contributed by atoms with Crippen LogP contribution in [0.25, 0.3) is 0 Å². The van der Waals surface area contributed by atoms with Gasteiger partial charge in [0.25, 0.3) is 5.91 Å². The number of nitrogens with one attached hydrogen (secondary N) is 1. The number of halogens is 3. The average molecular weight is 340 g/mol. The van der Waals surface area contributed by atoms with E-state index in [0.717, 1.165) is 23.4 Å². The van der Waals surface area contributed by atoms with Crippen molar-refractivity contribution in [2.24, 2.45) is 0 Å². The zero-order valence-electron chi connectivity index (χ0n) is 12.5. The maximum absolute atomic E-state index is 13.1. The molecule has 2 aromatic carbocycles. The molecule has 1 N–H and O–H groups in total. The number of ether oxygens (including phenoxy) is 1. The van der Waals surface area contributed by atoms with Crippen molar-refractivity contribution in [2.45, 2.75) is 13.3 Å². The molecule has 0 atom stereocenters. The molecule has 2 rings (SSSR count). The Kier molecular flexibility index (Phi) is 5.93. The standard InChI is InChI=1S/C17H16ClF2NO2/c1-11-4-2-5-12(8-11)23-7-3-6-21-17(22)13-9-15(19)16(20)10-14(13)18/h2,4-5,8-10H,3,6-7H2,1H3,(H,21,22). The maximum atomic E-state index is 13.1. The smallest absolute Gasteiger partial charge is 0.252 e. The molecule has 0 aliphatic carbocycles. The summed E-state index contributed by atoms with van der Waals surface area (Å²) in [6, 6.07) is 9.21. The number of carbonyl (C=O) groups excluding carboxylic acids is 1. The number of amides is 1. The summed E-state index contributed by atoms with van der Waals surface area (Å²) in [4.78, 5) is 11.9. The van der Waals surface area contributed by atoms with Gasteiger partial charge in [-0.05, 0) is 43.2 Å². The molecule has 0 aliphatic rings. The molecule has 0 unspecified atom stereocenters. The normalized spacial score (nSPS) is 10.4. The lowest BCUT2D eigenvalue weighted by atomic mass is 10.2. The number of rotatable bonds is 6. The number of hydrogen-bond donors (Lipinski definition) is 1. The van der Waals surface area contributed by atoms with Gasteiger partial charge in [0, 0.05) is 6.54 Å². The largest absolute Gasteiger partial charge is 0.494 e. The minimum atomic E-state index is -1.11. The van der Waals surface area contributed by atoms with Gasteiger partial charge in [0.15, 0.2) is 11.6 Å². The van der Waals surface area contributed by atoms with Crippen LogP contribution < -0.4 is 10.1 Å². The van der Waals surface area contributed by atoms with Crippen LogP contribution in [0.1, 0.15) is 22.3 Å². The first-order chi connectivity index (χ1) is 11.0. The van der Waals surface area contributed by atoms with Gasteiger partial charge in [-0.3, -0.25) is 4.79 Å². The molecule has 122 valence electrons. The van der Waals surface area contributed by atoms with E-state index in [-0.39, 0.29) is 10.6 Å². The molecule has 0 radical (unpaired) electrons. The highest BCUT2D eigenvalue weighted by Crippen LogP contribution is 2.19. The monoisotopic (exact) mass is 339 g/mol. The second kappa shape index (κ2) is 7.92. The predicted octanol–water partition coefficient (Wildman–Crippen LogP) is 4.13. The lowest BCUT2D eigenvalue weighted by Crippen LogP contribution is -2.26. The molecular weight excluding hydrogens is 324 g/mol. The Morgan fingerprint density at radius 2 is 1.96 bits per heavy atom. The van der Waals surface area contributed by atoms with Gasteiger partial charge in [-0.1, -0.05) is 23.7 Å². The first-order valence-electron chi connectivity index (χ1n) is 7.09. The summed E-state index contributed by atoms with van der Waals surface area (Å²) in [6.45, 7) is 2.73. The third-order valence-corrected chi connectivity index (χ3v) is 3.43. The fourth-order valence-electron chi connectivity index (χ4n) is 1.96. The summed E-state index contributed by atoms with van der Waals surface area (Å²) in [5.74, 6) is -1.98. The SMILES string of the molecule is Cc1cccc(OCCCNC(=O)c2cc(F)c(F)cc2Cl)c1. The third-order valence-electron chi connectivity index (χ3n) is 3.12. The number of hydrogen-bond acceptors (Lipinski definition) is 2. The van der Waals surface area contributed by atoms with Crippen LogP contribution in [0.3, 0.4) is 0 Å². The Morgan fingerprint density at radius 1 is 1.22 bits per heavy atom. The van der Waals surface area contributed by atoms with Crippen LogP contribution >= 0.6 is 11.6 Å². The number of aryl methyl sites for hydroxylation is 1. The summed E-state index contributed by atoms with van der Waals surface area (Å²) in [6.07, 6.45) is 0.570. The van der Waals surface area contributed by atoms with Gasteiger partial charge in [0.05, 0.1) is 17.2 Å². The molecule has 1 amide bonds. The zero-order valence-corrected chi connectivity index (χ0v) is 13.3. The second-order valence-corrected chi connectivity index (χ2v) is 5.43. The summed E-state index contributed by atoms with van der Waals surface area (Å²) >= 11 is 5.74. The van der Waals surface area contributed by atoms with E-state index in [0.29, 0.717) is 19.6 Å². The van der Waals surface area contributed by atoms with Crippen LogP contribution in [-0.4, -0.2) is 19.1 Å². The van der Waals surface area contributed by atoms with Gasteiger partial charge in [-0.2, -0.15) is 0 Å². The lowest BCUT2D eigenvalue weighted by molar-refractivity contribution is 0.0951. The lowest BCUT2D eigenvalue weighted by Gasteiger charge is -2.09. The van der Waals surface area contributed by atoms with Crippen molar-refractivity contribution in [3.8, 4) is 5.75 Å². The first kappa shape index (κ1) is 17.2. The maximum Gasteiger partial charge on any atom is 0.252 e. The van der Waals surface area contributed by atoms with Gasteiger partial charge in [-0.15, -0.1) is 0 Å². The Morgan fingerprint density at radius 3 is 2.70 bits per heavy atom. The fourth-order valence-corrected chi connectivity index (χ4v) is 2.20. The van der Waals surface area contributed by atoms with Crippen molar-refractivity contribution in [3.63, 3.8) is 0 Å². The Bertz CT molecular complexity index is 707. The summed E-state index contributed by atoms with van der Waals surface area (Å²) in [7, 11) is 0. The molecule has 0 bridgehead atoms. The molecule has 0 aromatic heterocycles.